The molecule has 2 N–H and O–H groups in total. The van der Waals surface area contributed by atoms with Gasteiger partial charge < -0.3 is 10.3 Å². The standard InChI is InChI=1S/C16H22FN3/c1-11(2)16(20-7-5-18-6-8-20)14-10-19-15-9-12(17)3-4-13(14)15/h3-4,9-11,16,18-19H,5-8H2,1-2H3. The fourth-order valence-corrected chi connectivity index (χ4v) is 3.30. The van der Waals surface area contributed by atoms with Crippen molar-refractivity contribution in [2.75, 3.05) is 26.2 Å². The number of aromatic amines is 1. The van der Waals surface area contributed by atoms with Gasteiger partial charge in [-0.25, -0.2) is 4.39 Å². The topological polar surface area (TPSA) is 31.1 Å². The summed E-state index contributed by atoms with van der Waals surface area (Å²) in [5, 5.41) is 4.54. The van der Waals surface area contributed by atoms with E-state index < -0.39 is 0 Å². The smallest absolute Gasteiger partial charge is 0.125 e. The molecule has 108 valence electrons. The van der Waals surface area contributed by atoms with Crippen LogP contribution in [0.25, 0.3) is 10.9 Å². The molecule has 0 amide bonds. The number of rotatable bonds is 3. The Kier molecular flexibility index (Phi) is 3.76. The molecule has 1 unspecified atom stereocenters. The van der Waals surface area contributed by atoms with Crippen LogP contribution in [-0.4, -0.2) is 36.1 Å². The van der Waals surface area contributed by atoms with Gasteiger partial charge in [0.1, 0.15) is 5.82 Å². The van der Waals surface area contributed by atoms with Gasteiger partial charge in [-0.1, -0.05) is 13.8 Å². The molecule has 4 heteroatoms. The van der Waals surface area contributed by atoms with Gasteiger partial charge in [-0.3, -0.25) is 4.90 Å². The summed E-state index contributed by atoms with van der Waals surface area (Å²) < 4.78 is 13.3. The molecule has 3 nitrogen and oxygen atoms in total. The van der Waals surface area contributed by atoms with Gasteiger partial charge in [0.25, 0.3) is 0 Å². The minimum absolute atomic E-state index is 0.186. The van der Waals surface area contributed by atoms with Crippen LogP contribution in [0.1, 0.15) is 25.5 Å². The van der Waals surface area contributed by atoms with E-state index in [4.69, 9.17) is 0 Å². The molecule has 20 heavy (non-hydrogen) atoms. The van der Waals surface area contributed by atoms with Crippen LogP contribution in [0.2, 0.25) is 0 Å². The highest BCUT2D eigenvalue weighted by atomic mass is 19.1. The van der Waals surface area contributed by atoms with Crippen molar-refractivity contribution in [1.29, 1.82) is 0 Å². The van der Waals surface area contributed by atoms with Crippen molar-refractivity contribution in [1.82, 2.24) is 15.2 Å². The summed E-state index contributed by atoms with van der Waals surface area (Å²) in [6, 6.07) is 5.41. The van der Waals surface area contributed by atoms with Crippen LogP contribution in [0.4, 0.5) is 4.39 Å². The van der Waals surface area contributed by atoms with Crippen LogP contribution in [-0.2, 0) is 0 Å². The Labute approximate surface area is 119 Å². The average molecular weight is 275 g/mol. The molecule has 2 heterocycles. The Balaban J connectivity index is 2.00. The second kappa shape index (κ2) is 5.54. The molecule has 0 aliphatic carbocycles. The van der Waals surface area contributed by atoms with E-state index >= 15 is 0 Å². The van der Waals surface area contributed by atoms with E-state index in [1.54, 1.807) is 12.1 Å². The fraction of sp³-hybridized carbons (Fsp3) is 0.500. The predicted octanol–water partition coefficient (Wildman–Crippen LogP) is 2.91. The summed E-state index contributed by atoms with van der Waals surface area (Å²) in [7, 11) is 0. The predicted molar refractivity (Wildman–Crippen MR) is 80.3 cm³/mol. The third-order valence-corrected chi connectivity index (χ3v) is 4.17. The molecule has 3 rings (SSSR count). The van der Waals surface area contributed by atoms with E-state index in [-0.39, 0.29) is 5.82 Å². The molecule has 1 fully saturated rings. The summed E-state index contributed by atoms with van der Waals surface area (Å²) in [6.45, 7) is 8.73. The normalized spacial score (nSPS) is 18.8. The third-order valence-electron chi connectivity index (χ3n) is 4.17. The highest BCUT2D eigenvalue weighted by molar-refractivity contribution is 5.83. The molecule has 0 bridgehead atoms. The highest BCUT2D eigenvalue weighted by Crippen LogP contribution is 2.34. The maximum Gasteiger partial charge on any atom is 0.125 e. The highest BCUT2D eigenvalue weighted by Gasteiger charge is 2.27. The van der Waals surface area contributed by atoms with Gasteiger partial charge in [-0.2, -0.15) is 0 Å². The number of fused-ring (bicyclic) bond motifs is 1. The lowest BCUT2D eigenvalue weighted by molar-refractivity contribution is 0.138. The number of aromatic nitrogens is 1. The first-order chi connectivity index (χ1) is 9.66. The average Bonchev–Trinajstić information content (AvgIpc) is 2.83. The minimum Gasteiger partial charge on any atom is -0.361 e. The molecule has 0 saturated carbocycles. The Morgan fingerprint density at radius 3 is 2.65 bits per heavy atom. The molecule has 1 atom stereocenters. The van der Waals surface area contributed by atoms with Crippen LogP contribution in [0.3, 0.4) is 0 Å². The molecule has 2 aromatic rings. The summed E-state index contributed by atoms with van der Waals surface area (Å²) in [5.74, 6) is 0.339. The second-order valence-corrected chi connectivity index (χ2v) is 5.91. The van der Waals surface area contributed by atoms with Crippen molar-refractivity contribution in [3.8, 4) is 0 Å². The van der Waals surface area contributed by atoms with Crippen molar-refractivity contribution in [2.45, 2.75) is 19.9 Å². The van der Waals surface area contributed by atoms with E-state index in [2.05, 4.69) is 35.2 Å². The lowest BCUT2D eigenvalue weighted by atomic mass is 9.93. The van der Waals surface area contributed by atoms with Crippen LogP contribution in [0.5, 0.6) is 0 Å². The fourth-order valence-electron chi connectivity index (χ4n) is 3.30. The van der Waals surface area contributed by atoms with Crippen molar-refractivity contribution in [3.63, 3.8) is 0 Å². The van der Waals surface area contributed by atoms with E-state index in [0.717, 1.165) is 37.1 Å². The largest absolute Gasteiger partial charge is 0.361 e. The summed E-state index contributed by atoms with van der Waals surface area (Å²) in [5.41, 5.74) is 2.18. The zero-order chi connectivity index (χ0) is 14.1. The van der Waals surface area contributed by atoms with Gasteiger partial charge in [0.05, 0.1) is 0 Å². The van der Waals surface area contributed by atoms with E-state index in [1.165, 1.54) is 5.56 Å². The lowest BCUT2D eigenvalue weighted by Crippen LogP contribution is -2.46. The Hall–Kier alpha value is -1.39. The maximum atomic E-state index is 13.3. The van der Waals surface area contributed by atoms with Crippen LogP contribution >= 0.6 is 0 Å². The van der Waals surface area contributed by atoms with Crippen LogP contribution < -0.4 is 5.32 Å². The maximum absolute atomic E-state index is 13.3. The monoisotopic (exact) mass is 275 g/mol. The first kappa shape index (κ1) is 13.6. The number of hydrogen-bond donors (Lipinski definition) is 2. The number of nitrogens with one attached hydrogen (secondary N) is 2. The second-order valence-electron chi connectivity index (χ2n) is 5.91. The quantitative estimate of drug-likeness (QED) is 0.902. The summed E-state index contributed by atoms with van der Waals surface area (Å²) in [6.07, 6.45) is 2.05. The van der Waals surface area contributed by atoms with Crippen molar-refractivity contribution in [2.24, 2.45) is 5.92 Å². The van der Waals surface area contributed by atoms with Gasteiger partial charge in [-0.15, -0.1) is 0 Å². The molecule has 1 aliphatic heterocycles. The Morgan fingerprint density at radius 1 is 1.20 bits per heavy atom. The first-order valence-corrected chi connectivity index (χ1v) is 7.38. The lowest BCUT2D eigenvalue weighted by Gasteiger charge is -2.37. The van der Waals surface area contributed by atoms with Crippen molar-refractivity contribution < 1.29 is 4.39 Å². The number of halogens is 1. The van der Waals surface area contributed by atoms with Gasteiger partial charge in [0.15, 0.2) is 0 Å². The Morgan fingerprint density at radius 2 is 1.95 bits per heavy atom. The molecule has 1 aromatic heterocycles. The van der Waals surface area contributed by atoms with Gasteiger partial charge in [-0.05, 0) is 29.7 Å². The molecule has 1 aromatic carbocycles. The number of piperazine rings is 1. The van der Waals surface area contributed by atoms with Crippen LogP contribution in [0.15, 0.2) is 24.4 Å². The van der Waals surface area contributed by atoms with Gasteiger partial charge in [0, 0.05) is 49.3 Å². The van der Waals surface area contributed by atoms with E-state index in [9.17, 15) is 4.39 Å². The summed E-state index contributed by atoms with van der Waals surface area (Å²) in [4.78, 5) is 5.76. The third kappa shape index (κ3) is 2.45. The van der Waals surface area contributed by atoms with E-state index in [0.29, 0.717) is 12.0 Å². The Bertz CT molecular complexity index is 584. The van der Waals surface area contributed by atoms with Crippen molar-refractivity contribution in [3.05, 3.63) is 35.8 Å². The summed E-state index contributed by atoms with van der Waals surface area (Å²) >= 11 is 0. The van der Waals surface area contributed by atoms with Crippen LogP contribution in [0, 0.1) is 11.7 Å². The van der Waals surface area contributed by atoms with Gasteiger partial charge >= 0.3 is 0 Å². The van der Waals surface area contributed by atoms with E-state index in [1.807, 2.05) is 6.07 Å². The molecule has 1 saturated heterocycles. The zero-order valence-electron chi connectivity index (χ0n) is 12.1. The number of benzene rings is 1. The molecular formula is C16H22FN3. The number of nitrogens with zero attached hydrogens (tertiary/aromatic N) is 1. The molecular weight excluding hydrogens is 253 g/mol. The SMILES string of the molecule is CC(C)C(c1c[nH]c2cc(F)ccc12)N1CCNCC1. The minimum atomic E-state index is -0.186. The first-order valence-electron chi connectivity index (χ1n) is 7.38. The molecule has 1 aliphatic rings. The van der Waals surface area contributed by atoms with Gasteiger partial charge in [0.2, 0.25) is 0 Å². The molecule has 0 spiro atoms. The molecule has 0 radical (unpaired) electrons. The van der Waals surface area contributed by atoms with Crippen molar-refractivity contribution >= 4 is 10.9 Å². The zero-order valence-corrected chi connectivity index (χ0v) is 12.1. The number of H-pyrrole nitrogens is 1. The number of hydrogen-bond acceptors (Lipinski definition) is 2.